The molecular formula is C16H23N3O. The van der Waals surface area contributed by atoms with E-state index in [0.717, 1.165) is 38.2 Å². The average molecular weight is 273 g/mol. The summed E-state index contributed by atoms with van der Waals surface area (Å²) in [5.74, 6) is 1.18. The maximum atomic E-state index is 5.49. The van der Waals surface area contributed by atoms with Crippen LogP contribution < -0.4 is 5.32 Å². The molecule has 0 saturated carbocycles. The maximum Gasteiger partial charge on any atom is 0.111 e. The lowest BCUT2D eigenvalue weighted by Crippen LogP contribution is -2.38. The van der Waals surface area contributed by atoms with Crippen molar-refractivity contribution in [1.82, 2.24) is 14.9 Å². The van der Waals surface area contributed by atoms with Gasteiger partial charge in [0.1, 0.15) is 5.82 Å². The molecule has 0 radical (unpaired) electrons. The second-order valence-corrected chi connectivity index (χ2v) is 5.38. The molecule has 1 aliphatic rings. The van der Waals surface area contributed by atoms with E-state index in [2.05, 4.69) is 41.1 Å². The first-order valence-corrected chi connectivity index (χ1v) is 7.63. The Hall–Kier alpha value is -1.39. The summed E-state index contributed by atoms with van der Waals surface area (Å²) in [5, 5.41) is 3.59. The number of hydrogen-bond acceptors (Lipinski definition) is 3. The Bertz CT molecular complexity index is 558. The van der Waals surface area contributed by atoms with Crippen LogP contribution in [0.2, 0.25) is 0 Å². The van der Waals surface area contributed by atoms with Crippen LogP contribution in [0, 0.1) is 0 Å². The van der Waals surface area contributed by atoms with Crippen LogP contribution in [0.25, 0.3) is 11.0 Å². The highest BCUT2D eigenvalue weighted by atomic mass is 16.5. The van der Waals surface area contributed by atoms with Crippen molar-refractivity contribution in [3.8, 4) is 0 Å². The number of imidazole rings is 1. The summed E-state index contributed by atoms with van der Waals surface area (Å²) < 4.78 is 7.81. The number of hydrogen-bond donors (Lipinski definition) is 1. The topological polar surface area (TPSA) is 39.1 Å². The van der Waals surface area contributed by atoms with Crippen molar-refractivity contribution in [2.75, 3.05) is 19.8 Å². The molecular weight excluding hydrogens is 250 g/mol. The highest BCUT2D eigenvalue weighted by Crippen LogP contribution is 2.16. The van der Waals surface area contributed by atoms with Crippen molar-refractivity contribution >= 4 is 11.0 Å². The molecule has 1 aromatic carbocycles. The molecule has 1 aromatic heterocycles. The number of nitrogens with zero attached hydrogens (tertiary/aromatic N) is 2. The minimum atomic E-state index is 0.517. The maximum absolute atomic E-state index is 5.49. The van der Waals surface area contributed by atoms with E-state index in [9.17, 15) is 0 Å². The Kier molecular flexibility index (Phi) is 4.33. The van der Waals surface area contributed by atoms with Crippen LogP contribution in [0.15, 0.2) is 24.3 Å². The van der Waals surface area contributed by atoms with Crippen molar-refractivity contribution in [3.05, 3.63) is 30.1 Å². The van der Waals surface area contributed by atoms with E-state index in [1.807, 2.05) is 0 Å². The number of aryl methyl sites for hydroxylation is 1. The third-order valence-corrected chi connectivity index (χ3v) is 3.99. The Labute approximate surface area is 120 Å². The number of para-hydroxylation sites is 2. The molecule has 1 aliphatic heterocycles. The van der Waals surface area contributed by atoms with Gasteiger partial charge in [-0.25, -0.2) is 4.98 Å². The summed E-state index contributed by atoms with van der Waals surface area (Å²) in [6.07, 6.45) is 3.37. The molecule has 0 bridgehead atoms. The van der Waals surface area contributed by atoms with Gasteiger partial charge in [0, 0.05) is 32.2 Å². The summed E-state index contributed by atoms with van der Waals surface area (Å²) in [5.41, 5.74) is 2.34. The monoisotopic (exact) mass is 273 g/mol. The lowest BCUT2D eigenvalue weighted by atomic mass is 10.1. The number of nitrogens with one attached hydrogen (secondary N) is 1. The zero-order chi connectivity index (χ0) is 13.8. The van der Waals surface area contributed by atoms with Crippen LogP contribution in [0.3, 0.4) is 0 Å². The first-order chi connectivity index (χ1) is 9.88. The van der Waals surface area contributed by atoms with Crippen LogP contribution in [-0.2, 0) is 17.7 Å². The van der Waals surface area contributed by atoms with E-state index < -0.39 is 0 Å². The molecule has 1 atom stereocenters. The number of ether oxygens (including phenoxy) is 1. The van der Waals surface area contributed by atoms with Crippen molar-refractivity contribution in [2.45, 2.75) is 38.8 Å². The van der Waals surface area contributed by atoms with E-state index in [-0.39, 0.29) is 0 Å². The van der Waals surface area contributed by atoms with Crippen molar-refractivity contribution in [3.63, 3.8) is 0 Å². The quantitative estimate of drug-likeness (QED) is 0.909. The van der Waals surface area contributed by atoms with E-state index in [0.29, 0.717) is 6.04 Å². The molecule has 20 heavy (non-hydrogen) atoms. The summed E-state index contributed by atoms with van der Waals surface area (Å²) in [4.78, 5) is 4.76. The lowest BCUT2D eigenvalue weighted by Gasteiger charge is -2.23. The standard InChI is InChI=1S/C16H23N3O/c1-2-19-15-8-4-3-7-14(15)18-16(19)9-10-17-13-6-5-11-20-12-13/h3-4,7-8,13,17H,2,5-6,9-12H2,1H3. The van der Waals surface area contributed by atoms with Crippen LogP contribution in [0.1, 0.15) is 25.6 Å². The zero-order valence-corrected chi connectivity index (χ0v) is 12.1. The third-order valence-electron chi connectivity index (χ3n) is 3.99. The Morgan fingerprint density at radius 2 is 2.30 bits per heavy atom. The normalized spacial score (nSPS) is 19.6. The largest absolute Gasteiger partial charge is 0.380 e. The van der Waals surface area contributed by atoms with E-state index >= 15 is 0 Å². The molecule has 3 rings (SSSR count). The van der Waals surface area contributed by atoms with E-state index in [4.69, 9.17) is 9.72 Å². The summed E-state index contributed by atoms with van der Waals surface area (Å²) >= 11 is 0. The van der Waals surface area contributed by atoms with Gasteiger partial charge in [-0.2, -0.15) is 0 Å². The van der Waals surface area contributed by atoms with Crippen molar-refractivity contribution < 1.29 is 4.74 Å². The van der Waals surface area contributed by atoms with Gasteiger partial charge in [0.15, 0.2) is 0 Å². The second-order valence-electron chi connectivity index (χ2n) is 5.38. The third kappa shape index (κ3) is 2.86. The Morgan fingerprint density at radius 3 is 3.10 bits per heavy atom. The summed E-state index contributed by atoms with van der Waals surface area (Å²) in [7, 11) is 0. The first-order valence-electron chi connectivity index (χ1n) is 7.63. The van der Waals surface area contributed by atoms with Gasteiger partial charge in [-0.05, 0) is 31.9 Å². The number of rotatable bonds is 5. The van der Waals surface area contributed by atoms with Gasteiger partial charge in [0.05, 0.1) is 17.6 Å². The molecule has 1 saturated heterocycles. The second kappa shape index (κ2) is 6.37. The molecule has 4 nitrogen and oxygen atoms in total. The van der Waals surface area contributed by atoms with Crippen LogP contribution in [0.5, 0.6) is 0 Å². The fourth-order valence-electron chi connectivity index (χ4n) is 2.96. The molecule has 1 N–H and O–H groups in total. The van der Waals surface area contributed by atoms with Gasteiger partial charge in [-0.15, -0.1) is 0 Å². The van der Waals surface area contributed by atoms with Crippen molar-refractivity contribution in [1.29, 1.82) is 0 Å². The minimum absolute atomic E-state index is 0.517. The number of benzene rings is 1. The van der Waals surface area contributed by atoms with Gasteiger partial charge >= 0.3 is 0 Å². The highest BCUT2D eigenvalue weighted by molar-refractivity contribution is 5.75. The summed E-state index contributed by atoms with van der Waals surface area (Å²) in [6.45, 7) is 5.90. The molecule has 4 heteroatoms. The number of fused-ring (bicyclic) bond motifs is 1. The zero-order valence-electron chi connectivity index (χ0n) is 12.1. The van der Waals surface area contributed by atoms with Crippen LogP contribution in [0.4, 0.5) is 0 Å². The smallest absolute Gasteiger partial charge is 0.111 e. The summed E-state index contributed by atoms with van der Waals surface area (Å²) in [6, 6.07) is 8.89. The molecule has 2 aromatic rings. The van der Waals surface area contributed by atoms with Gasteiger partial charge in [0.25, 0.3) is 0 Å². The fraction of sp³-hybridized carbons (Fsp3) is 0.562. The van der Waals surface area contributed by atoms with Gasteiger partial charge < -0.3 is 14.6 Å². The number of aromatic nitrogens is 2. The molecule has 0 amide bonds. The molecule has 0 spiro atoms. The van der Waals surface area contributed by atoms with Crippen molar-refractivity contribution in [2.24, 2.45) is 0 Å². The van der Waals surface area contributed by atoms with Gasteiger partial charge in [-0.1, -0.05) is 12.1 Å². The fourth-order valence-corrected chi connectivity index (χ4v) is 2.96. The molecule has 1 fully saturated rings. The molecule has 1 unspecified atom stereocenters. The molecule has 108 valence electrons. The average Bonchev–Trinajstić information content (AvgIpc) is 2.86. The van der Waals surface area contributed by atoms with E-state index in [1.165, 1.54) is 24.2 Å². The van der Waals surface area contributed by atoms with Crippen LogP contribution >= 0.6 is 0 Å². The van der Waals surface area contributed by atoms with Crippen LogP contribution in [-0.4, -0.2) is 35.4 Å². The van der Waals surface area contributed by atoms with Gasteiger partial charge in [-0.3, -0.25) is 0 Å². The van der Waals surface area contributed by atoms with Gasteiger partial charge in [0.2, 0.25) is 0 Å². The molecule has 0 aliphatic carbocycles. The van der Waals surface area contributed by atoms with E-state index in [1.54, 1.807) is 0 Å². The first kappa shape index (κ1) is 13.6. The predicted molar refractivity (Wildman–Crippen MR) is 81.0 cm³/mol. The molecule has 2 heterocycles. The Morgan fingerprint density at radius 1 is 1.40 bits per heavy atom. The minimum Gasteiger partial charge on any atom is -0.380 e. The predicted octanol–water partition coefficient (Wildman–Crippen LogP) is 2.37. The Balaban J connectivity index is 1.64. The highest BCUT2D eigenvalue weighted by Gasteiger charge is 2.14. The SMILES string of the molecule is CCn1c(CCNC2CCCOC2)nc2ccccc21. The lowest BCUT2D eigenvalue weighted by molar-refractivity contribution is 0.0706.